The summed E-state index contributed by atoms with van der Waals surface area (Å²) in [7, 11) is 1.54. The van der Waals surface area contributed by atoms with Crippen molar-refractivity contribution in [2.45, 2.75) is 13.0 Å². The van der Waals surface area contributed by atoms with Crippen LogP contribution in [0, 0.1) is 12.7 Å². The van der Waals surface area contributed by atoms with Crippen LogP contribution in [0.25, 0.3) is 11.0 Å². The fourth-order valence-electron chi connectivity index (χ4n) is 3.95. The number of hydrogen-bond donors (Lipinski definition) is 2. The summed E-state index contributed by atoms with van der Waals surface area (Å²) in [6.07, 6.45) is 0.282. The number of halogens is 1. The number of rotatable bonds is 7. The second-order valence-corrected chi connectivity index (χ2v) is 8.19. The molecule has 0 unspecified atom stereocenters. The Labute approximate surface area is 203 Å². The number of cyclic esters (lactones) is 1. The van der Waals surface area contributed by atoms with Crippen LogP contribution in [0.4, 0.5) is 20.8 Å². The predicted molar refractivity (Wildman–Crippen MR) is 124 cm³/mol. The first kappa shape index (κ1) is 23.4. The Balaban J connectivity index is 1.16. The first-order valence-corrected chi connectivity index (χ1v) is 11.1. The molecule has 4 heterocycles. The van der Waals surface area contributed by atoms with E-state index in [4.69, 9.17) is 14.2 Å². The van der Waals surface area contributed by atoms with Gasteiger partial charge in [0.1, 0.15) is 23.9 Å². The Morgan fingerprint density at radius 2 is 2.11 bits per heavy atom. The Kier molecular flexibility index (Phi) is 6.10. The van der Waals surface area contributed by atoms with Crippen molar-refractivity contribution >= 4 is 34.7 Å². The highest BCUT2D eigenvalue weighted by Crippen LogP contribution is 2.28. The highest BCUT2D eigenvalue weighted by Gasteiger charge is 2.34. The van der Waals surface area contributed by atoms with E-state index in [2.05, 4.69) is 25.6 Å². The van der Waals surface area contributed by atoms with Crippen LogP contribution in [0.5, 0.6) is 11.6 Å². The number of aryl methyl sites for hydroxylation is 2. The number of fused-ring (bicyclic) bond motifs is 2. The van der Waals surface area contributed by atoms with Crippen LogP contribution in [0.3, 0.4) is 0 Å². The van der Waals surface area contributed by atoms with E-state index >= 15 is 0 Å². The van der Waals surface area contributed by atoms with E-state index in [9.17, 15) is 18.8 Å². The van der Waals surface area contributed by atoms with Crippen LogP contribution in [0.15, 0.2) is 23.1 Å². The molecule has 14 heteroatoms. The number of benzene rings is 1. The van der Waals surface area contributed by atoms with Gasteiger partial charge in [-0.15, -0.1) is 0 Å². The van der Waals surface area contributed by atoms with Crippen LogP contribution in [0.1, 0.15) is 5.69 Å². The second kappa shape index (κ2) is 9.37. The molecule has 0 radical (unpaired) electrons. The first-order valence-electron chi connectivity index (χ1n) is 11.1. The van der Waals surface area contributed by atoms with E-state index < -0.39 is 18.0 Å². The highest BCUT2D eigenvalue weighted by atomic mass is 19.1. The quantitative estimate of drug-likeness (QED) is 0.440. The number of ether oxygens (including phenoxy) is 3. The minimum atomic E-state index is -0.601. The van der Waals surface area contributed by atoms with Crippen molar-refractivity contribution in [3.8, 4) is 11.6 Å². The van der Waals surface area contributed by atoms with Crippen LogP contribution in [-0.4, -0.2) is 70.5 Å². The summed E-state index contributed by atoms with van der Waals surface area (Å²) in [6.45, 7) is 2.38. The Morgan fingerprint density at radius 1 is 1.28 bits per heavy atom. The average molecular weight is 499 g/mol. The molecule has 2 aliphatic rings. The fourth-order valence-corrected chi connectivity index (χ4v) is 3.95. The van der Waals surface area contributed by atoms with Gasteiger partial charge in [0.15, 0.2) is 29.8 Å². The zero-order valence-corrected chi connectivity index (χ0v) is 19.4. The van der Waals surface area contributed by atoms with E-state index in [1.165, 1.54) is 34.8 Å². The number of carbonyl (C=O) groups is 2. The average Bonchev–Trinajstić information content (AvgIpc) is 3.23. The number of carbonyl (C=O) groups excluding carboxylic acids is 2. The van der Waals surface area contributed by atoms with Crippen molar-refractivity contribution < 1.29 is 28.2 Å². The lowest BCUT2D eigenvalue weighted by atomic mass is 10.2. The van der Waals surface area contributed by atoms with Gasteiger partial charge in [0.05, 0.1) is 18.3 Å². The van der Waals surface area contributed by atoms with E-state index in [0.717, 1.165) is 0 Å². The van der Waals surface area contributed by atoms with Gasteiger partial charge in [-0.05, 0) is 19.1 Å². The maximum atomic E-state index is 14.5. The standard InChI is InChI=1S/C22H22FN7O6/c1-11-21(32)29(2)17-14(26-11)4-3-13(23)18(17)34-6-5-24-7-12-9-30(22(33)36-12)15-8-25-20-19(27-15)28-16(31)10-35-20/h3-4,8,12,24H,5-7,9-10H2,1-2H3,(H,27,28,31)/t12-/m0/s1. The SMILES string of the molecule is Cc1nc2ccc(F)c(OCCNC[C@H]3CN(c4cnc5c(n4)NC(=O)CO5)C(=O)O3)c2n(C)c1=O. The second-order valence-electron chi connectivity index (χ2n) is 8.19. The number of amides is 2. The Bertz CT molecular complexity index is 1430. The molecule has 1 saturated heterocycles. The Hall–Kier alpha value is -4.33. The smallest absolute Gasteiger partial charge is 0.416 e. The summed E-state index contributed by atoms with van der Waals surface area (Å²) < 4.78 is 32.0. The third-order valence-electron chi connectivity index (χ3n) is 5.67. The Morgan fingerprint density at radius 3 is 2.94 bits per heavy atom. The van der Waals surface area contributed by atoms with Crippen LogP contribution < -0.4 is 30.6 Å². The lowest BCUT2D eigenvalue weighted by molar-refractivity contribution is -0.118. The molecule has 188 valence electrons. The monoisotopic (exact) mass is 499 g/mol. The minimum absolute atomic E-state index is 0.0538. The summed E-state index contributed by atoms with van der Waals surface area (Å²) in [5.74, 6) is -0.481. The molecule has 1 aromatic carbocycles. The van der Waals surface area contributed by atoms with Crippen LogP contribution in [0.2, 0.25) is 0 Å². The third-order valence-corrected chi connectivity index (χ3v) is 5.67. The topological polar surface area (TPSA) is 150 Å². The van der Waals surface area contributed by atoms with Gasteiger partial charge in [0.25, 0.3) is 17.3 Å². The summed E-state index contributed by atoms with van der Waals surface area (Å²) in [6, 6.07) is 2.74. The molecule has 1 atom stereocenters. The zero-order chi connectivity index (χ0) is 25.4. The first-order chi connectivity index (χ1) is 17.3. The molecule has 2 amide bonds. The zero-order valence-electron chi connectivity index (χ0n) is 19.4. The number of hydrogen-bond acceptors (Lipinski definition) is 10. The molecule has 0 saturated carbocycles. The van der Waals surface area contributed by atoms with Gasteiger partial charge in [-0.2, -0.15) is 0 Å². The lowest BCUT2D eigenvalue weighted by Gasteiger charge is -2.18. The van der Waals surface area contributed by atoms with Crippen molar-refractivity contribution in [3.05, 3.63) is 40.2 Å². The fraction of sp³-hybridized carbons (Fsp3) is 0.364. The van der Waals surface area contributed by atoms with Gasteiger partial charge < -0.3 is 29.4 Å². The van der Waals surface area contributed by atoms with Gasteiger partial charge in [-0.25, -0.2) is 24.1 Å². The van der Waals surface area contributed by atoms with E-state index in [-0.39, 0.29) is 60.0 Å². The summed E-state index contributed by atoms with van der Waals surface area (Å²) in [5.41, 5.74) is 0.707. The number of nitrogens with one attached hydrogen (secondary N) is 2. The van der Waals surface area contributed by atoms with Crippen molar-refractivity contribution in [3.63, 3.8) is 0 Å². The maximum absolute atomic E-state index is 14.5. The largest absolute Gasteiger partial charge is 0.487 e. The van der Waals surface area contributed by atoms with Crippen LogP contribution >= 0.6 is 0 Å². The van der Waals surface area contributed by atoms with E-state index in [1.54, 1.807) is 6.92 Å². The number of aromatic nitrogens is 4. The normalized spacial score (nSPS) is 17.0. The molecule has 0 bridgehead atoms. The predicted octanol–water partition coefficient (Wildman–Crippen LogP) is 0.496. The molecule has 3 aromatic rings. The van der Waals surface area contributed by atoms with Crippen LogP contribution in [-0.2, 0) is 16.6 Å². The molecule has 5 rings (SSSR count). The van der Waals surface area contributed by atoms with Crippen molar-refractivity contribution in [1.29, 1.82) is 0 Å². The molecule has 2 N–H and O–H groups in total. The summed E-state index contributed by atoms with van der Waals surface area (Å²) in [4.78, 5) is 49.9. The van der Waals surface area contributed by atoms with Gasteiger partial charge in [-0.3, -0.25) is 14.5 Å². The summed E-state index contributed by atoms with van der Waals surface area (Å²) in [5, 5.41) is 5.64. The van der Waals surface area contributed by atoms with Gasteiger partial charge in [0, 0.05) is 20.1 Å². The van der Waals surface area contributed by atoms with Crippen molar-refractivity contribution in [2.24, 2.45) is 7.05 Å². The lowest BCUT2D eigenvalue weighted by Crippen LogP contribution is -2.33. The molecule has 0 spiro atoms. The maximum Gasteiger partial charge on any atom is 0.416 e. The van der Waals surface area contributed by atoms with Gasteiger partial charge >= 0.3 is 6.09 Å². The molecule has 2 aliphatic heterocycles. The minimum Gasteiger partial charge on any atom is -0.487 e. The van der Waals surface area contributed by atoms with Gasteiger partial charge in [0.2, 0.25) is 0 Å². The molecular weight excluding hydrogens is 477 g/mol. The molecule has 36 heavy (non-hydrogen) atoms. The van der Waals surface area contributed by atoms with Crippen molar-refractivity contribution in [1.82, 2.24) is 24.8 Å². The molecule has 13 nitrogen and oxygen atoms in total. The number of nitrogens with zero attached hydrogens (tertiary/aromatic N) is 5. The third kappa shape index (κ3) is 4.37. The molecule has 2 aromatic heterocycles. The van der Waals surface area contributed by atoms with E-state index in [0.29, 0.717) is 24.3 Å². The highest BCUT2D eigenvalue weighted by molar-refractivity contribution is 5.94. The van der Waals surface area contributed by atoms with Gasteiger partial charge in [-0.1, -0.05) is 0 Å². The molecular formula is C22H22FN7O6. The molecule has 0 aliphatic carbocycles. The number of anilines is 2. The van der Waals surface area contributed by atoms with E-state index in [1.807, 2.05) is 0 Å². The summed E-state index contributed by atoms with van der Waals surface area (Å²) >= 11 is 0. The van der Waals surface area contributed by atoms with Crippen molar-refractivity contribution in [2.75, 3.05) is 43.1 Å². The molecule has 1 fully saturated rings.